The molecule has 0 fully saturated rings. The number of ether oxygens (including phenoxy) is 2. The molecule has 2 aromatic carbocycles. The van der Waals surface area contributed by atoms with Gasteiger partial charge in [-0.15, -0.1) is 0 Å². The molecule has 0 saturated carbocycles. The molecule has 1 N–H and O–H groups in total. The summed E-state index contributed by atoms with van der Waals surface area (Å²) in [4.78, 5) is 23.8. The lowest BCUT2D eigenvalue weighted by Crippen LogP contribution is -2.24. The number of esters is 1. The minimum Gasteiger partial charge on any atom is -0.482 e. The van der Waals surface area contributed by atoms with Crippen molar-refractivity contribution < 1.29 is 19.1 Å². The number of carbonyl (C=O) groups is 2. The second-order valence-electron chi connectivity index (χ2n) is 6.18. The van der Waals surface area contributed by atoms with Gasteiger partial charge in [-0.05, 0) is 62.6 Å². The van der Waals surface area contributed by atoms with E-state index in [2.05, 4.69) is 5.32 Å². The van der Waals surface area contributed by atoms with Gasteiger partial charge in [-0.1, -0.05) is 29.3 Å². The van der Waals surface area contributed by atoms with Gasteiger partial charge in [-0.25, -0.2) is 4.79 Å². The van der Waals surface area contributed by atoms with Crippen LogP contribution in [0.5, 0.6) is 5.75 Å². The van der Waals surface area contributed by atoms with Gasteiger partial charge >= 0.3 is 5.97 Å². The van der Waals surface area contributed by atoms with E-state index >= 15 is 0 Å². The third-order valence-electron chi connectivity index (χ3n) is 3.79. The highest BCUT2D eigenvalue weighted by molar-refractivity contribution is 6.31. The van der Waals surface area contributed by atoms with Crippen molar-refractivity contribution in [1.82, 2.24) is 0 Å². The molecule has 0 heterocycles. The monoisotopic (exact) mass is 375 g/mol. The first-order valence-corrected chi connectivity index (χ1v) is 8.56. The first-order valence-electron chi connectivity index (χ1n) is 8.18. The lowest BCUT2D eigenvalue weighted by molar-refractivity contribution is -0.149. The van der Waals surface area contributed by atoms with Gasteiger partial charge in [0.25, 0.3) is 5.91 Å². The normalized spacial score (nSPS) is 10.3. The van der Waals surface area contributed by atoms with Crippen molar-refractivity contribution in [3.63, 3.8) is 0 Å². The summed E-state index contributed by atoms with van der Waals surface area (Å²) in [5.74, 6) is -0.500. The highest BCUT2D eigenvalue weighted by Crippen LogP contribution is 2.22. The summed E-state index contributed by atoms with van der Waals surface area (Å²) in [5.41, 5.74) is 4.64. The molecule has 26 heavy (non-hydrogen) atoms. The van der Waals surface area contributed by atoms with Gasteiger partial charge < -0.3 is 14.8 Å². The Morgan fingerprint density at radius 2 is 1.62 bits per heavy atom. The van der Waals surface area contributed by atoms with E-state index in [9.17, 15) is 9.59 Å². The van der Waals surface area contributed by atoms with Gasteiger partial charge in [0.05, 0.1) is 0 Å². The number of nitrogens with one attached hydrogen (secondary N) is 1. The molecule has 0 spiro atoms. The smallest absolute Gasteiger partial charge is 0.344 e. The highest BCUT2D eigenvalue weighted by Gasteiger charge is 2.12. The molecule has 5 nitrogen and oxygen atoms in total. The van der Waals surface area contributed by atoms with Crippen molar-refractivity contribution >= 4 is 29.2 Å². The van der Waals surface area contributed by atoms with E-state index in [1.54, 1.807) is 18.2 Å². The van der Waals surface area contributed by atoms with Gasteiger partial charge in [-0.3, -0.25) is 4.79 Å². The average molecular weight is 376 g/mol. The fourth-order valence-corrected chi connectivity index (χ4v) is 2.71. The quantitative estimate of drug-likeness (QED) is 0.771. The van der Waals surface area contributed by atoms with Crippen molar-refractivity contribution in [2.45, 2.75) is 27.7 Å². The van der Waals surface area contributed by atoms with E-state index in [-0.39, 0.29) is 13.2 Å². The van der Waals surface area contributed by atoms with Crippen LogP contribution in [0.1, 0.15) is 22.3 Å². The van der Waals surface area contributed by atoms with Crippen molar-refractivity contribution in [3.05, 3.63) is 57.6 Å². The molecule has 0 unspecified atom stereocenters. The summed E-state index contributed by atoms with van der Waals surface area (Å²) in [6.45, 7) is 7.03. The molecule has 2 rings (SSSR count). The Morgan fingerprint density at radius 3 is 2.23 bits per heavy atom. The molecule has 0 aliphatic carbocycles. The number of anilines is 1. The Hall–Kier alpha value is -2.53. The molecule has 138 valence electrons. The standard InChI is InChI=1S/C20H22ClNO4/c1-12-7-14(3)20(15(4)8-12)22-18(23)10-26-19(24)11-25-16-5-6-17(21)13(2)9-16/h5-9H,10-11H2,1-4H3,(H,22,23). The number of carbonyl (C=O) groups excluding carboxylic acids is 2. The van der Waals surface area contributed by atoms with Gasteiger partial charge in [0.1, 0.15) is 5.75 Å². The number of hydrogen-bond acceptors (Lipinski definition) is 4. The Morgan fingerprint density at radius 1 is 0.962 bits per heavy atom. The van der Waals surface area contributed by atoms with Crippen molar-refractivity contribution in [1.29, 1.82) is 0 Å². The molecule has 0 aliphatic rings. The fourth-order valence-electron chi connectivity index (χ4n) is 2.59. The summed E-state index contributed by atoms with van der Waals surface area (Å²) in [5, 5.41) is 3.40. The highest BCUT2D eigenvalue weighted by atomic mass is 35.5. The molecular formula is C20H22ClNO4. The van der Waals surface area contributed by atoms with Gasteiger partial charge in [0, 0.05) is 10.7 Å². The Bertz CT molecular complexity index is 810. The Kier molecular flexibility index (Phi) is 6.64. The van der Waals surface area contributed by atoms with Crippen LogP contribution in [-0.2, 0) is 14.3 Å². The van der Waals surface area contributed by atoms with Crippen molar-refractivity contribution in [2.75, 3.05) is 18.5 Å². The summed E-state index contributed by atoms with van der Waals surface area (Å²) >= 11 is 5.93. The van der Waals surface area contributed by atoms with Crippen LogP contribution in [-0.4, -0.2) is 25.1 Å². The van der Waals surface area contributed by atoms with E-state index in [1.165, 1.54) is 0 Å². The Labute approximate surface area is 158 Å². The number of hydrogen-bond donors (Lipinski definition) is 1. The van der Waals surface area contributed by atoms with Crippen LogP contribution >= 0.6 is 11.6 Å². The summed E-state index contributed by atoms with van der Waals surface area (Å²) in [6.07, 6.45) is 0. The maximum Gasteiger partial charge on any atom is 0.344 e. The summed E-state index contributed by atoms with van der Waals surface area (Å²) in [6, 6.07) is 9.05. The molecule has 0 radical (unpaired) electrons. The zero-order chi connectivity index (χ0) is 19.3. The van der Waals surface area contributed by atoms with E-state index in [0.717, 1.165) is 27.9 Å². The van der Waals surface area contributed by atoms with Crippen LogP contribution in [0.25, 0.3) is 0 Å². The largest absolute Gasteiger partial charge is 0.482 e. The second kappa shape index (κ2) is 8.72. The van der Waals surface area contributed by atoms with Gasteiger partial charge in [-0.2, -0.15) is 0 Å². The SMILES string of the molecule is Cc1cc(C)c(NC(=O)COC(=O)COc2ccc(Cl)c(C)c2)c(C)c1. The predicted molar refractivity (Wildman–Crippen MR) is 102 cm³/mol. The van der Waals surface area contributed by atoms with Crippen LogP contribution in [0.4, 0.5) is 5.69 Å². The maximum atomic E-state index is 12.0. The van der Waals surface area contributed by atoms with Crippen molar-refractivity contribution in [3.8, 4) is 5.75 Å². The maximum absolute atomic E-state index is 12.0. The summed E-state index contributed by atoms with van der Waals surface area (Å²) in [7, 11) is 0. The molecular weight excluding hydrogens is 354 g/mol. The topological polar surface area (TPSA) is 64.6 Å². The third kappa shape index (κ3) is 5.49. The molecule has 0 aromatic heterocycles. The van der Waals surface area contributed by atoms with Crippen LogP contribution in [0, 0.1) is 27.7 Å². The van der Waals surface area contributed by atoms with Gasteiger partial charge in [0.2, 0.25) is 0 Å². The predicted octanol–water partition coefficient (Wildman–Crippen LogP) is 4.13. The number of rotatable bonds is 6. The van der Waals surface area contributed by atoms with Crippen molar-refractivity contribution in [2.24, 2.45) is 0 Å². The number of amides is 1. The van der Waals surface area contributed by atoms with Crippen LogP contribution in [0.15, 0.2) is 30.3 Å². The zero-order valence-electron chi connectivity index (χ0n) is 15.3. The van der Waals surface area contributed by atoms with Crippen LogP contribution in [0.3, 0.4) is 0 Å². The Balaban J connectivity index is 1.81. The van der Waals surface area contributed by atoms with Gasteiger partial charge in [0.15, 0.2) is 13.2 Å². The van der Waals surface area contributed by atoms with Crippen LogP contribution < -0.4 is 10.1 Å². The van der Waals surface area contributed by atoms with E-state index in [0.29, 0.717) is 10.8 Å². The third-order valence-corrected chi connectivity index (χ3v) is 4.22. The molecule has 0 bridgehead atoms. The molecule has 0 aliphatic heterocycles. The summed E-state index contributed by atoms with van der Waals surface area (Å²) < 4.78 is 10.3. The number of halogens is 1. The molecule has 2 aromatic rings. The van der Waals surface area contributed by atoms with E-state index in [4.69, 9.17) is 21.1 Å². The van der Waals surface area contributed by atoms with E-state index in [1.807, 2.05) is 39.8 Å². The minimum absolute atomic E-state index is 0.281. The molecule has 0 atom stereocenters. The lowest BCUT2D eigenvalue weighted by Gasteiger charge is -2.13. The second-order valence-corrected chi connectivity index (χ2v) is 6.59. The fraction of sp³-hybridized carbons (Fsp3) is 0.300. The molecule has 6 heteroatoms. The molecule has 0 saturated heterocycles. The zero-order valence-corrected chi connectivity index (χ0v) is 16.1. The lowest BCUT2D eigenvalue weighted by atomic mass is 10.1. The van der Waals surface area contributed by atoms with Crippen LogP contribution in [0.2, 0.25) is 5.02 Å². The first-order chi connectivity index (χ1) is 12.3. The first kappa shape index (κ1) is 19.8. The number of benzene rings is 2. The molecule has 1 amide bonds. The minimum atomic E-state index is -0.620. The van der Waals surface area contributed by atoms with E-state index < -0.39 is 11.9 Å². The average Bonchev–Trinajstić information content (AvgIpc) is 2.57. The number of aryl methyl sites for hydroxylation is 4.